The number of rotatable bonds is 9. The van der Waals surface area contributed by atoms with Gasteiger partial charge in [0.15, 0.2) is 4.34 Å². The molecule has 1 aromatic carbocycles. The molecule has 0 radical (unpaired) electrons. The standard InChI is InChI=1S/C17H24N4O3S3/c1-5-10-25-17-20-19-16(26-17)18-15(22)14(6-2)21(27(4,23)24)13-9-7-8-12(3)11-13/h7-9,11,14H,5-6,10H2,1-4H3,(H,18,19,22)/t14-/m0/s1. The minimum Gasteiger partial charge on any atom is -0.299 e. The summed E-state index contributed by atoms with van der Waals surface area (Å²) in [6, 6.07) is 6.21. The zero-order chi connectivity index (χ0) is 20.0. The highest BCUT2D eigenvalue weighted by molar-refractivity contribution is 8.01. The minimum atomic E-state index is -3.65. The third kappa shape index (κ3) is 5.91. The number of nitrogens with zero attached hydrogens (tertiary/aromatic N) is 3. The maximum absolute atomic E-state index is 12.8. The van der Waals surface area contributed by atoms with Gasteiger partial charge in [-0.15, -0.1) is 10.2 Å². The van der Waals surface area contributed by atoms with E-state index in [0.29, 0.717) is 17.2 Å². The van der Waals surface area contributed by atoms with Crippen LogP contribution in [0.25, 0.3) is 0 Å². The number of hydrogen-bond donors (Lipinski definition) is 1. The lowest BCUT2D eigenvalue weighted by molar-refractivity contribution is -0.117. The number of thioether (sulfide) groups is 1. The van der Waals surface area contributed by atoms with Crippen molar-refractivity contribution in [2.75, 3.05) is 21.6 Å². The summed E-state index contributed by atoms with van der Waals surface area (Å²) in [6.45, 7) is 5.73. The SMILES string of the molecule is CCCSc1nnc(NC(=O)[C@H](CC)N(c2cccc(C)c2)S(C)(=O)=O)s1. The van der Waals surface area contributed by atoms with E-state index in [2.05, 4.69) is 22.4 Å². The zero-order valence-electron chi connectivity index (χ0n) is 15.8. The summed E-state index contributed by atoms with van der Waals surface area (Å²) in [6.07, 6.45) is 2.45. The summed E-state index contributed by atoms with van der Waals surface area (Å²) in [5.41, 5.74) is 1.38. The minimum absolute atomic E-state index is 0.323. The van der Waals surface area contributed by atoms with Crippen molar-refractivity contribution < 1.29 is 13.2 Å². The van der Waals surface area contributed by atoms with Crippen LogP contribution < -0.4 is 9.62 Å². The van der Waals surface area contributed by atoms with Crippen LogP contribution in [0.15, 0.2) is 28.6 Å². The first kappa shape index (κ1) is 21.6. The molecule has 7 nitrogen and oxygen atoms in total. The van der Waals surface area contributed by atoms with Crippen molar-refractivity contribution in [1.82, 2.24) is 10.2 Å². The summed E-state index contributed by atoms with van der Waals surface area (Å²) < 4.78 is 26.8. The van der Waals surface area contributed by atoms with Crippen molar-refractivity contribution in [3.8, 4) is 0 Å². The Balaban J connectivity index is 2.25. The number of carbonyl (C=O) groups excluding carboxylic acids is 1. The van der Waals surface area contributed by atoms with Crippen LogP contribution in [0.1, 0.15) is 32.3 Å². The maximum atomic E-state index is 12.8. The molecule has 148 valence electrons. The number of sulfonamides is 1. The Morgan fingerprint density at radius 3 is 2.67 bits per heavy atom. The molecule has 0 spiro atoms. The van der Waals surface area contributed by atoms with E-state index in [-0.39, 0.29) is 0 Å². The largest absolute Gasteiger partial charge is 0.299 e. The molecule has 0 fully saturated rings. The lowest BCUT2D eigenvalue weighted by Crippen LogP contribution is -2.47. The van der Waals surface area contributed by atoms with E-state index in [1.807, 2.05) is 13.0 Å². The van der Waals surface area contributed by atoms with E-state index in [0.717, 1.165) is 28.3 Å². The Hall–Kier alpha value is -1.65. The Labute approximate surface area is 168 Å². The molecule has 1 atom stereocenters. The van der Waals surface area contributed by atoms with Gasteiger partial charge in [0.25, 0.3) is 0 Å². The fraction of sp³-hybridized carbons (Fsp3) is 0.471. The molecule has 0 saturated carbocycles. The van der Waals surface area contributed by atoms with Crippen molar-refractivity contribution in [2.24, 2.45) is 0 Å². The molecule has 2 aromatic rings. The van der Waals surface area contributed by atoms with Gasteiger partial charge in [0.1, 0.15) is 6.04 Å². The van der Waals surface area contributed by atoms with Crippen molar-refractivity contribution >= 4 is 49.8 Å². The molecule has 1 amide bonds. The molecule has 10 heteroatoms. The Morgan fingerprint density at radius 1 is 1.33 bits per heavy atom. The first-order valence-electron chi connectivity index (χ1n) is 8.59. The Bertz CT molecular complexity index is 883. The number of amides is 1. The van der Waals surface area contributed by atoms with Crippen LogP contribution in [0.3, 0.4) is 0 Å². The maximum Gasteiger partial charge on any atom is 0.250 e. The molecule has 0 aliphatic heterocycles. The molecule has 0 aliphatic rings. The van der Waals surface area contributed by atoms with E-state index >= 15 is 0 Å². The predicted octanol–water partition coefficient (Wildman–Crippen LogP) is 3.53. The van der Waals surface area contributed by atoms with E-state index in [1.165, 1.54) is 15.6 Å². The van der Waals surface area contributed by atoms with E-state index < -0.39 is 22.0 Å². The van der Waals surface area contributed by atoms with Gasteiger partial charge in [0, 0.05) is 5.75 Å². The third-order valence-electron chi connectivity index (χ3n) is 3.65. The smallest absolute Gasteiger partial charge is 0.250 e. The second-order valence-corrected chi connectivity index (χ2v) is 10.2. The molecule has 0 unspecified atom stereocenters. The normalized spacial score (nSPS) is 12.6. The van der Waals surface area contributed by atoms with Gasteiger partial charge in [0.2, 0.25) is 21.1 Å². The second-order valence-electron chi connectivity index (χ2n) is 6.03. The number of hydrogen-bond acceptors (Lipinski definition) is 7. The molecular weight excluding hydrogens is 404 g/mol. The lowest BCUT2D eigenvalue weighted by Gasteiger charge is -2.30. The quantitative estimate of drug-likeness (QED) is 0.485. The van der Waals surface area contributed by atoms with Gasteiger partial charge in [-0.3, -0.25) is 14.4 Å². The molecule has 27 heavy (non-hydrogen) atoms. The van der Waals surface area contributed by atoms with Crippen LogP contribution in [-0.4, -0.2) is 42.6 Å². The molecule has 1 heterocycles. The summed E-state index contributed by atoms with van der Waals surface area (Å²) in [5, 5.41) is 11.1. The number of aryl methyl sites for hydroxylation is 1. The summed E-state index contributed by atoms with van der Waals surface area (Å²) in [5.74, 6) is 0.502. The number of nitrogens with one attached hydrogen (secondary N) is 1. The number of carbonyl (C=O) groups is 1. The zero-order valence-corrected chi connectivity index (χ0v) is 18.2. The molecular formula is C17H24N4O3S3. The van der Waals surface area contributed by atoms with Crippen LogP contribution in [0.4, 0.5) is 10.8 Å². The fourth-order valence-corrected chi connectivity index (χ4v) is 5.41. The van der Waals surface area contributed by atoms with Crippen LogP contribution >= 0.6 is 23.1 Å². The van der Waals surface area contributed by atoms with Crippen molar-refractivity contribution in [2.45, 2.75) is 44.0 Å². The van der Waals surface area contributed by atoms with Gasteiger partial charge in [-0.1, -0.05) is 49.1 Å². The van der Waals surface area contributed by atoms with Gasteiger partial charge >= 0.3 is 0 Å². The van der Waals surface area contributed by atoms with Crippen molar-refractivity contribution in [1.29, 1.82) is 0 Å². The second kappa shape index (κ2) is 9.52. The third-order valence-corrected chi connectivity index (χ3v) is 7.01. The van der Waals surface area contributed by atoms with E-state index in [4.69, 9.17) is 0 Å². The highest BCUT2D eigenvalue weighted by Crippen LogP contribution is 2.27. The Morgan fingerprint density at radius 2 is 2.07 bits per heavy atom. The van der Waals surface area contributed by atoms with Crippen LogP contribution in [0.2, 0.25) is 0 Å². The average Bonchev–Trinajstić information content (AvgIpc) is 3.03. The highest BCUT2D eigenvalue weighted by atomic mass is 32.2. The number of aromatic nitrogens is 2. The van der Waals surface area contributed by atoms with Crippen LogP contribution in [0.5, 0.6) is 0 Å². The summed E-state index contributed by atoms with van der Waals surface area (Å²) >= 11 is 2.87. The lowest BCUT2D eigenvalue weighted by atomic mass is 10.1. The molecule has 2 rings (SSSR count). The Kier molecular flexibility index (Phi) is 7.63. The number of benzene rings is 1. The number of anilines is 2. The van der Waals surface area contributed by atoms with E-state index in [9.17, 15) is 13.2 Å². The van der Waals surface area contributed by atoms with E-state index in [1.54, 1.807) is 36.9 Å². The predicted molar refractivity (Wildman–Crippen MR) is 112 cm³/mol. The molecule has 0 saturated heterocycles. The topological polar surface area (TPSA) is 92.3 Å². The summed E-state index contributed by atoms with van der Waals surface area (Å²) in [4.78, 5) is 12.8. The molecule has 0 aliphatic carbocycles. The van der Waals surface area contributed by atoms with Gasteiger partial charge in [0.05, 0.1) is 11.9 Å². The average molecular weight is 429 g/mol. The van der Waals surface area contributed by atoms with Gasteiger partial charge in [-0.05, 0) is 37.5 Å². The van der Waals surface area contributed by atoms with Gasteiger partial charge in [-0.2, -0.15) is 0 Å². The monoisotopic (exact) mass is 428 g/mol. The van der Waals surface area contributed by atoms with Crippen LogP contribution in [0, 0.1) is 6.92 Å². The molecule has 1 N–H and O–H groups in total. The van der Waals surface area contributed by atoms with Gasteiger partial charge < -0.3 is 0 Å². The van der Waals surface area contributed by atoms with Crippen molar-refractivity contribution in [3.63, 3.8) is 0 Å². The van der Waals surface area contributed by atoms with Crippen molar-refractivity contribution in [3.05, 3.63) is 29.8 Å². The van der Waals surface area contributed by atoms with Crippen LogP contribution in [-0.2, 0) is 14.8 Å². The van der Waals surface area contributed by atoms with Gasteiger partial charge in [-0.25, -0.2) is 8.42 Å². The molecule has 0 bridgehead atoms. The fourth-order valence-electron chi connectivity index (χ4n) is 2.52. The first-order chi connectivity index (χ1) is 12.8. The summed E-state index contributed by atoms with van der Waals surface area (Å²) in [7, 11) is -3.65. The molecule has 1 aromatic heterocycles. The highest BCUT2D eigenvalue weighted by Gasteiger charge is 2.32. The first-order valence-corrected chi connectivity index (χ1v) is 12.2.